The quantitative estimate of drug-likeness (QED) is 0.870. The van der Waals surface area contributed by atoms with E-state index in [2.05, 4.69) is 5.32 Å². The molecule has 0 spiro atoms. The molecule has 0 aliphatic heterocycles. The molecular weight excluding hydrogens is 241 g/mol. The molecule has 104 valence electrons. The average Bonchev–Trinajstić information content (AvgIpc) is 3.26. The van der Waals surface area contributed by atoms with Crippen LogP contribution < -0.4 is 5.32 Å². The Morgan fingerprint density at radius 2 is 2.00 bits per heavy atom. The summed E-state index contributed by atoms with van der Waals surface area (Å²) in [6.07, 6.45) is 6.98. The van der Waals surface area contributed by atoms with E-state index in [1.54, 1.807) is 12.1 Å². The van der Waals surface area contributed by atoms with Crippen LogP contribution in [0.4, 0.5) is 10.1 Å². The van der Waals surface area contributed by atoms with Gasteiger partial charge in [0.15, 0.2) is 0 Å². The van der Waals surface area contributed by atoms with Crippen molar-refractivity contribution in [2.75, 3.05) is 11.9 Å². The Morgan fingerprint density at radius 1 is 1.21 bits per heavy atom. The first-order valence-electron chi connectivity index (χ1n) is 7.36. The summed E-state index contributed by atoms with van der Waals surface area (Å²) in [6.45, 7) is 0.0879. The number of anilines is 1. The van der Waals surface area contributed by atoms with Gasteiger partial charge in [-0.2, -0.15) is 0 Å². The number of aliphatic hydroxyl groups excluding tert-OH is 1. The molecule has 2 aliphatic rings. The lowest BCUT2D eigenvalue weighted by Crippen LogP contribution is -2.46. The first-order chi connectivity index (χ1) is 9.22. The van der Waals surface area contributed by atoms with Crippen molar-refractivity contribution in [3.05, 3.63) is 30.1 Å². The van der Waals surface area contributed by atoms with E-state index in [9.17, 15) is 9.50 Å². The minimum absolute atomic E-state index is 0.0879. The van der Waals surface area contributed by atoms with E-state index in [1.807, 2.05) is 6.07 Å². The molecule has 0 aromatic heterocycles. The highest BCUT2D eigenvalue weighted by Crippen LogP contribution is 2.47. The number of hydrogen-bond acceptors (Lipinski definition) is 2. The Morgan fingerprint density at radius 3 is 2.68 bits per heavy atom. The summed E-state index contributed by atoms with van der Waals surface area (Å²) < 4.78 is 13.8. The molecule has 2 N–H and O–H groups in total. The molecule has 0 amide bonds. The first-order valence-corrected chi connectivity index (χ1v) is 7.36. The van der Waals surface area contributed by atoms with Crippen molar-refractivity contribution in [2.24, 2.45) is 11.8 Å². The number of halogens is 1. The van der Waals surface area contributed by atoms with Gasteiger partial charge >= 0.3 is 0 Å². The Bertz CT molecular complexity index is 446. The Balaban J connectivity index is 1.76. The molecule has 2 atom stereocenters. The van der Waals surface area contributed by atoms with Gasteiger partial charge in [0.2, 0.25) is 0 Å². The minimum Gasteiger partial charge on any atom is -0.394 e. The zero-order chi connectivity index (χ0) is 13.3. The van der Waals surface area contributed by atoms with Gasteiger partial charge in [0.25, 0.3) is 0 Å². The summed E-state index contributed by atoms with van der Waals surface area (Å²) in [5.41, 5.74) is 0.196. The molecule has 0 saturated heterocycles. The lowest BCUT2D eigenvalue weighted by atomic mass is 9.74. The van der Waals surface area contributed by atoms with Crippen LogP contribution in [-0.4, -0.2) is 17.3 Å². The third-order valence-corrected chi connectivity index (χ3v) is 4.75. The van der Waals surface area contributed by atoms with Crippen LogP contribution in [0, 0.1) is 17.7 Å². The minimum atomic E-state index is -0.326. The molecule has 0 heterocycles. The number of benzene rings is 1. The second-order valence-corrected chi connectivity index (χ2v) is 6.24. The number of hydrogen-bond donors (Lipinski definition) is 2. The Kier molecular flexibility index (Phi) is 3.48. The molecule has 3 heteroatoms. The van der Waals surface area contributed by atoms with E-state index in [-0.39, 0.29) is 18.0 Å². The van der Waals surface area contributed by atoms with Crippen LogP contribution in [0.5, 0.6) is 0 Å². The molecule has 1 aromatic carbocycles. The van der Waals surface area contributed by atoms with Crippen molar-refractivity contribution in [2.45, 2.75) is 44.1 Å². The summed E-state index contributed by atoms with van der Waals surface area (Å²) >= 11 is 0. The molecular formula is C16H22FNO. The highest BCUT2D eigenvalue weighted by molar-refractivity contribution is 5.47. The standard InChI is InChI=1S/C16H22FNO/c17-14-5-1-2-6-15(14)18-16(11-19)9-3-4-13(10-16)12-7-8-12/h1-2,5-6,12-13,18-19H,3-4,7-11H2. The van der Waals surface area contributed by atoms with Gasteiger partial charge in [0, 0.05) is 0 Å². The molecule has 2 saturated carbocycles. The molecule has 2 aliphatic carbocycles. The normalized spacial score (nSPS) is 31.2. The zero-order valence-electron chi connectivity index (χ0n) is 11.2. The van der Waals surface area contributed by atoms with Gasteiger partial charge in [0.1, 0.15) is 5.82 Å². The van der Waals surface area contributed by atoms with E-state index >= 15 is 0 Å². The summed E-state index contributed by atoms with van der Waals surface area (Å²) in [5, 5.41) is 13.1. The second kappa shape index (κ2) is 5.12. The van der Waals surface area contributed by atoms with Crippen molar-refractivity contribution < 1.29 is 9.50 Å². The zero-order valence-corrected chi connectivity index (χ0v) is 11.2. The predicted molar refractivity (Wildman–Crippen MR) is 74.5 cm³/mol. The molecule has 2 unspecified atom stereocenters. The Hall–Kier alpha value is -1.09. The van der Waals surface area contributed by atoms with Crippen molar-refractivity contribution in [1.82, 2.24) is 0 Å². The van der Waals surface area contributed by atoms with Gasteiger partial charge in [-0.1, -0.05) is 25.0 Å². The van der Waals surface area contributed by atoms with Gasteiger partial charge in [-0.3, -0.25) is 0 Å². The largest absolute Gasteiger partial charge is 0.394 e. The maximum absolute atomic E-state index is 13.8. The van der Waals surface area contributed by atoms with Crippen LogP contribution in [0.1, 0.15) is 38.5 Å². The molecule has 0 radical (unpaired) electrons. The Labute approximate surface area is 114 Å². The number of nitrogens with one attached hydrogen (secondary N) is 1. The summed E-state index contributed by atoms with van der Waals surface area (Å²) in [5.74, 6) is 1.33. The van der Waals surface area contributed by atoms with E-state index in [0.29, 0.717) is 11.6 Å². The lowest BCUT2D eigenvalue weighted by Gasteiger charge is -2.41. The van der Waals surface area contributed by atoms with Crippen molar-refractivity contribution >= 4 is 5.69 Å². The van der Waals surface area contributed by atoms with Gasteiger partial charge in [0.05, 0.1) is 17.8 Å². The number of aliphatic hydroxyl groups is 1. The average molecular weight is 263 g/mol. The number of rotatable bonds is 4. The van der Waals surface area contributed by atoms with Crippen molar-refractivity contribution in [1.29, 1.82) is 0 Å². The van der Waals surface area contributed by atoms with Crippen LogP contribution >= 0.6 is 0 Å². The fourth-order valence-corrected chi connectivity index (χ4v) is 3.52. The third-order valence-electron chi connectivity index (χ3n) is 4.75. The molecule has 3 rings (SSSR count). The maximum Gasteiger partial charge on any atom is 0.146 e. The van der Waals surface area contributed by atoms with Crippen LogP contribution in [0.3, 0.4) is 0 Å². The smallest absolute Gasteiger partial charge is 0.146 e. The number of para-hydroxylation sites is 1. The summed E-state index contributed by atoms with van der Waals surface area (Å²) in [7, 11) is 0. The predicted octanol–water partition coefficient (Wildman–Crippen LogP) is 3.57. The van der Waals surface area contributed by atoms with Crippen LogP contribution in [0.2, 0.25) is 0 Å². The van der Waals surface area contributed by atoms with Crippen LogP contribution in [0.15, 0.2) is 24.3 Å². The molecule has 0 bridgehead atoms. The SMILES string of the molecule is OCC1(Nc2ccccc2F)CCCC(C2CC2)C1. The highest BCUT2D eigenvalue weighted by atomic mass is 19.1. The lowest BCUT2D eigenvalue weighted by molar-refractivity contribution is 0.136. The second-order valence-electron chi connectivity index (χ2n) is 6.24. The van der Waals surface area contributed by atoms with Gasteiger partial charge in [-0.15, -0.1) is 0 Å². The van der Waals surface area contributed by atoms with E-state index in [0.717, 1.165) is 25.2 Å². The van der Waals surface area contributed by atoms with Crippen LogP contribution in [0.25, 0.3) is 0 Å². The first kappa shape index (κ1) is 12.9. The molecule has 1 aromatic rings. The monoisotopic (exact) mass is 263 g/mol. The fraction of sp³-hybridized carbons (Fsp3) is 0.625. The van der Waals surface area contributed by atoms with Gasteiger partial charge < -0.3 is 10.4 Å². The molecule has 2 nitrogen and oxygen atoms in total. The van der Waals surface area contributed by atoms with E-state index in [1.165, 1.54) is 25.3 Å². The highest BCUT2D eigenvalue weighted by Gasteiger charge is 2.42. The van der Waals surface area contributed by atoms with Gasteiger partial charge in [-0.25, -0.2) is 4.39 Å². The summed E-state index contributed by atoms with van der Waals surface area (Å²) in [6, 6.07) is 6.75. The van der Waals surface area contributed by atoms with E-state index < -0.39 is 0 Å². The fourth-order valence-electron chi connectivity index (χ4n) is 3.52. The molecule has 2 fully saturated rings. The van der Waals surface area contributed by atoms with Crippen LogP contribution in [-0.2, 0) is 0 Å². The maximum atomic E-state index is 13.8. The topological polar surface area (TPSA) is 32.3 Å². The van der Waals surface area contributed by atoms with Crippen molar-refractivity contribution in [3.8, 4) is 0 Å². The van der Waals surface area contributed by atoms with E-state index in [4.69, 9.17) is 0 Å². The summed E-state index contributed by atoms with van der Waals surface area (Å²) in [4.78, 5) is 0. The molecule has 19 heavy (non-hydrogen) atoms. The van der Waals surface area contributed by atoms with Gasteiger partial charge in [-0.05, 0) is 49.7 Å². The van der Waals surface area contributed by atoms with Crippen molar-refractivity contribution in [3.63, 3.8) is 0 Å². The third kappa shape index (κ3) is 2.76.